The predicted octanol–water partition coefficient (Wildman–Crippen LogP) is 0.450. The fourth-order valence-electron chi connectivity index (χ4n) is 1.00. The smallest absolute Gasteiger partial charge is 0.341 e. The van der Waals surface area contributed by atoms with Crippen LogP contribution in [0.2, 0.25) is 0 Å². The summed E-state index contributed by atoms with van der Waals surface area (Å²) >= 11 is 0. The summed E-state index contributed by atoms with van der Waals surface area (Å²) in [5.41, 5.74) is 4.28. The average Bonchev–Trinajstić information content (AvgIpc) is 2.30. The Morgan fingerprint density at radius 2 is 2.00 bits per heavy atom. The van der Waals surface area contributed by atoms with Crippen molar-refractivity contribution in [2.45, 2.75) is 0 Å². The second kappa shape index (κ2) is 5.24. The van der Waals surface area contributed by atoms with Gasteiger partial charge >= 0.3 is 5.97 Å². The van der Waals surface area contributed by atoms with Gasteiger partial charge in [0.2, 0.25) is 0 Å². The highest BCUT2D eigenvalue weighted by Crippen LogP contribution is 2.17. The van der Waals surface area contributed by atoms with Crippen molar-refractivity contribution in [2.24, 2.45) is 0 Å². The number of likely N-dealkylation sites (N-methyl/N-ethyl adjacent to an activating group) is 1. The summed E-state index contributed by atoms with van der Waals surface area (Å²) in [6, 6.07) is 1.29. The van der Waals surface area contributed by atoms with Gasteiger partial charge in [0.15, 0.2) is 6.61 Å². The molecule has 1 rings (SSSR count). The highest BCUT2D eigenvalue weighted by atomic mass is 19.1. The first-order chi connectivity index (χ1) is 7.95. The summed E-state index contributed by atoms with van der Waals surface area (Å²) in [4.78, 5) is 22.1. The highest BCUT2D eigenvalue weighted by Gasteiger charge is 2.17. The average molecular weight is 244 g/mol. The molecule has 0 aliphatic carbocycles. The molecule has 1 aromatic rings. The van der Waals surface area contributed by atoms with Crippen LogP contribution in [-0.4, -0.2) is 25.5 Å². The first kappa shape index (κ1) is 12.9. The van der Waals surface area contributed by atoms with Crippen molar-refractivity contribution in [1.29, 1.82) is 0 Å². The number of carbonyl (C=O) groups is 2. The second-order valence-electron chi connectivity index (χ2n) is 3.10. The standard InChI is InChI=1S/C10H10F2N2O3/c1-14-9(15)4-17-10(16)5-2-8(13)7(12)3-6(5)11/h2-3H,4,13H2,1H3,(H,14,15). The van der Waals surface area contributed by atoms with E-state index in [1.807, 2.05) is 0 Å². The van der Waals surface area contributed by atoms with E-state index in [9.17, 15) is 18.4 Å². The summed E-state index contributed by atoms with van der Waals surface area (Å²) in [5.74, 6) is -3.70. The van der Waals surface area contributed by atoms with Gasteiger partial charge in [-0.1, -0.05) is 0 Å². The van der Waals surface area contributed by atoms with Crippen LogP contribution in [0, 0.1) is 11.6 Å². The summed E-state index contributed by atoms with van der Waals surface area (Å²) in [5, 5.41) is 2.21. The van der Waals surface area contributed by atoms with Crippen molar-refractivity contribution < 1.29 is 23.1 Å². The number of carbonyl (C=O) groups excluding carboxylic acids is 2. The van der Waals surface area contributed by atoms with Crippen LogP contribution < -0.4 is 11.1 Å². The van der Waals surface area contributed by atoms with Gasteiger partial charge in [-0.3, -0.25) is 4.79 Å². The van der Waals surface area contributed by atoms with Crippen molar-refractivity contribution in [3.63, 3.8) is 0 Å². The summed E-state index contributed by atoms with van der Waals surface area (Å²) < 4.78 is 30.5. The quantitative estimate of drug-likeness (QED) is 0.597. The number of nitrogens with two attached hydrogens (primary N) is 1. The first-order valence-corrected chi connectivity index (χ1v) is 4.58. The van der Waals surface area contributed by atoms with Crippen LogP contribution in [-0.2, 0) is 9.53 Å². The maximum Gasteiger partial charge on any atom is 0.341 e. The number of anilines is 1. The zero-order valence-corrected chi connectivity index (χ0v) is 8.92. The van der Waals surface area contributed by atoms with E-state index < -0.39 is 35.7 Å². The molecule has 0 aromatic heterocycles. The highest BCUT2D eigenvalue weighted by molar-refractivity contribution is 5.92. The molecule has 0 spiro atoms. The number of esters is 1. The largest absolute Gasteiger partial charge is 0.452 e. The zero-order chi connectivity index (χ0) is 13.0. The van der Waals surface area contributed by atoms with E-state index in [0.29, 0.717) is 6.07 Å². The number of halogens is 2. The third-order valence-corrected chi connectivity index (χ3v) is 1.92. The van der Waals surface area contributed by atoms with Crippen LogP contribution in [0.5, 0.6) is 0 Å². The number of amides is 1. The molecule has 0 aliphatic rings. The lowest BCUT2D eigenvalue weighted by Crippen LogP contribution is -2.25. The van der Waals surface area contributed by atoms with Gasteiger partial charge in [0.05, 0.1) is 11.3 Å². The third kappa shape index (κ3) is 3.13. The number of nitrogen functional groups attached to an aromatic ring is 1. The summed E-state index contributed by atoms with van der Waals surface area (Å²) in [7, 11) is 1.35. The Balaban J connectivity index is 2.82. The minimum Gasteiger partial charge on any atom is -0.452 e. The van der Waals surface area contributed by atoms with Crippen LogP contribution in [0.25, 0.3) is 0 Å². The molecular formula is C10H10F2N2O3. The number of benzene rings is 1. The lowest BCUT2D eigenvalue weighted by Gasteiger charge is -2.06. The molecule has 1 aromatic carbocycles. The van der Waals surface area contributed by atoms with Gasteiger partial charge in [0, 0.05) is 13.1 Å². The predicted molar refractivity (Wildman–Crippen MR) is 55.1 cm³/mol. The molecule has 0 bridgehead atoms. The second-order valence-corrected chi connectivity index (χ2v) is 3.10. The zero-order valence-electron chi connectivity index (χ0n) is 8.92. The fraction of sp³-hybridized carbons (Fsp3) is 0.200. The normalized spacial score (nSPS) is 9.82. The molecule has 0 aliphatic heterocycles. The van der Waals surface area contributed by atoms with Crippen LogP contribution in [0.1, 0.15) is 10.4 Å². The number of hydrogen-bond acceptors (Lipinski definition) is 4. The van der Waals surface area contributed by atoms with E-state index in [-0.39, 0.29) is 5.69 Å². The minimum absolute atomic E-state index is 0.377. The molecule has 3 N–H and O–H groups in total. The van der Waals surface area contributed by atoms with Crippen molar-refractivity contribution in [1.82, 2.24) is 5.32 Å². The lowest BCUT2D eigenvalue weighted by molar-refractivity contribution is -0.123. The minimum atomic E-state index is -1.10. The van der Waals surface area contributed by atoms with Crippen molar-refractivity contribution >= 4 is 17.6 Å². The van der Waals surface area contributed by atoms with Gasteiger partial charge in [-0.25, -0.2) is 13.6 Å². The molecule has 1 amide bonds. The number of rotatable bonds is 3. The maximum absolute atomic E-state index is 13.2. The Morgan fingerprint density at radius 3 is 2.59 bits per heavy atom. The summed E-state index contributed by atoms with van der Waals surface area (Å²) in [6.07, 6.45) is 0. The van der Waals surface area contributed by atoms with E-state index >= 15 is 0 Å². The number of ether oxygens (including phenoxy) is 1. The Kier molecular flexibility index (Phi) is 3.97. The monoisotopic (exact) mass is 244 g/mol. The molecule has 0 saturated heterocycles. The van der Waals surface area contributed by atoms with Crippen molar-refractivity contribution in [3.8, 4) is 0 Å². The SMILES string of the molecule is CNC(=O)COC(=O)c1cc(N)c(F)cc1F. The van der Waals surface area contributed by atoms with Gasteiger partial charge in [0.25, 0.3) is 5.91 Å². The van der Waals surface area contributed by atoms with Crippen LogP contribution in [0.4, 0.5) is 14.5 Å². The molecule has 7 heteroatoms. The van der Waals surface area contributed by atoms with Crippen molar-refractivity contribution in [2.75, 3.05) is 19.4 Å². The van der Waals surface area contributed by atoms with Gasteiger partial charge in [-0.15, -0.1) is 0 Å². The molecule has 0 atom stereocenters. The van der Waals surface area contributed by atoms with Gasteiger partial charge in [-0.2, -0.15) is 0 Å². The Labute approximate surface area is 95.5 Å². The topological polar surface area (TPSA) is 81.4 Å². The van der Waals surface area contributed by atoms with Gasteiger partial charge in [-0.05, 0) is 6.07 Å². The first-order valence-electron chi connectivity index (χ1n) is 4.58. The number of nitrogens with one attached hydrogen (secondary N) is 1. The number of hydrogen-bond donors (Lipinski definition) is 2. The molecule has 0 radical (unpaired) electrons. The third-order valence-electron chi connectivity index (χ3n) is 1.92. The van der Waals surface area contributed by atoms with Crippen LogP contribution in [0.3, 0.4) is 0 Å². The van der Waals surface area contributed by atoms with Crippen LogP contribution >= 0.6 is 0 Å². The van der Waals surface area contributed by atoms with Gasteiger partial charge in [0.1, 0.15) is 11.6 Å². The van der Waals surface area contributed by atoms with Gasteiger partial charge < -0.3 is 15.8 Å². The lowest BCUT2D eigenvalue weighted by atomic mass is 10.2. The van der Waals surface area contributed by atoms with E-state index in [4.69, 9.17) is 5.73 Å². The Hall–Kier alpha value is -2.18. The Bertz CT molecular complexity index is 463. The maximum atomic E-state index is 13.2. The molecule has 0 unspecified atom stereocenters. The molecule has 92 valence electrons. The Morgan fingerprint density at radius 1 is 1.35 bits per heavy atom. The molecular weight excluding hydrogens is 234 g/mol. The summed E-state index contributed by atoms with van der Waals surface area (Å²) in [6.45, 7) is -0.550. The van der Waals surface area contributed by atoms with Crippen LogP contribution in [0.15, 0.2) is 12.1 Å². The van der Waals surface area contributed by atoms with Crippen molar-refractivity contribution in [3.05, 3.63) is 29.3 Å². The molecule has 0 saturated carbocycles. The van der Waals surface area contributed by atoms with E-state index in [2.05, 4.69) is 10.1 Å². The van der Waals surface area contributed by atoms with E-state index in [1.54, 1.807) is 0 Å². The molecule has 17 heavy (non-hydrogen) atoms. The van der Waals surface area contributed by atoms with E-state index in [1.165, 1.54) is 7.05 Å². The molecule has 5 nitrogen and oxygen atoms in total. The fourth-order valence-corrected chi connectivity index (χ4v) is 1.00. The van der Waals surface area contributed by atoms with E-state index in [0.717, 1.165) is 6.07 Å². The molecule has 0 fully saturated rings. The molecule has 0 heterocycles.